The molecule has 21 heavy (non-hydrogen) atoms. The largest absolute Gasteiger partial charge is 0.493 e. The first-order valence-corrected chi connectivity index (χ1v) is 8.73. The topological polar surface area (TPSA) is 47.6 Å². The Morgan fingerprint density at radius 1 is 1.29 bits per heavy atom. The molecule has 2 rings (SSSR count). The number of carbonyl (C=O) groups is 1. The Balaban J connectivity index is 2.15. The van der Waals surface area contributed by atoms with Crippen molar-refractivity contribution in [1.29, 1.82) is 0 Å². The summed E-state index contributed by atoms with van der Waals surface area (Å²) < 4.78 is 12.3. The molecule has 0 spiro atoms. The Morgan fingerprint density at radius 3 is 2.52 bits per heavy atom. The van der Waals surface area contributed by atoms with Gasteiger partial charge < -0.3 is 14.8 Å². The predicted molar refractivity (Wildman–Crippen MR) is 95.5 cm³/mol. The maximum atomic E-state index is 12.3. The highest BCUT2D eigenvalue weighted by atomic mass is 127. The number of nitrogens with one attached hydrogen (secondary N) is 1. The summed E-state index contributed by atoms with van der Waals surface area (Å²) in [6.07, 6.45) is 0. The molecular weight excluding hydrogens is 469 g/mol. The van der Waals surface area contributed by atoms with Crippen molar-refractivity contribution in [1.82, 2.24) is 5.32 Å². The smallest absolute Gasteiger partial charge is 0.252 e. The van der Waals surface area contributed by atoms with Crippen LogP contribution in [0.3, 0.4) is 0 Å². The summed E-state index contributed by atoms with van der Waals surface area (Å²) in [7, 11) is 3.12. The Kier molecular flexibility index (Phi) is 5.88. The van der Waals surface area contributed by atoms with Crippen molar-refractivity contribution in [2.75, 3.05) is 14.2 Å². The van der Waals surface area contributed by atoms with Crippen LogP contribution in [0.4, 0.5) is 0 Å². The average Bonchev–Trinajstić information content (AvgIpc) is 2.90. The number of benzene rings is 1. The molecule has 2 aromatic rings. The third-order valence-corrected chi connectivity index (χ3v) is 5.35. The molecule has 0 aliphatic carbocycles. The zero-order valence-corrected chi connectivity index (χ0v) is 16.0. The summed E-state index contributed by atoms with van der Waals surface area (Å²) in [5, 5.41) is 4.90. The van der Waals surface area contributed by atoms with Crippen LogP contribution < -0.4 is 14.8 Å². The standard InChI is InChI=1S/C14H13BrINO3S/c1-19-12-4-10(11(16)5-13(12)20-2)14(18)17-6-9-3-8(15)7-21-9/h3-5,7H,6H2,1-2H3,(H,17,18). The lowest BCUT2D eigenvalue weighted by molar-refractivity contribution is 0.0950. The molecular formula is C14H13BrINO3S. The minimum atomic E-state index is -0.134. The van der Waals surface area contributed by atoms with E-state index in [1.165, 1.54) is 0 Å². The molecule has 1 N–H and O–H groups in total. The van der Waals surface area contributed by atoms with Gasteiger partial charge in [-0.2, -0.15) is 0 Å². The second-order valence-corrected chi connectivity index (χ2v) is 7.17. The Hall–Kier alpha value is -0.800. The minimum Gasteiger partial charge on any atom is -0.493 e. The van der Waals surface area contributed by atoms with E-state index in [4.69, 9.17) is 9.47 Å². The van der Waals surface area contributed by atoms with Crippen molar-refractivity contribution in [3.8, 4) is 11.5 Å². The number of thiophene rings is 1. The highest BCUT2D eigenvalue weighted by Gasteiger charge is 2.15. The first-order valence-electron chi connectivity index (χ1n) is 5.97. The number of ether oxygens (including phenoxy) is 2. The van der Waals surface area contributed by atoms with Gasteiger partial charge in [0.1, 0.15) is 0 Å². The molecule has 1 amide bonds. The summed E-state index contributed by atoms with van der Waals surface area (Å²) in [4.78, 5) is 13.4. The molecule has 0 saturated heterocycles. The lowest BCUT2D eigenvalue weighted by Gasteiger charge is -2.11. The van der Waals surface area contributed by atoms with Gasteiger partial charge in [-0.25, -0.2) is 0 Å². The summed E-state index contributed by atoms with van der Waals surface area (Å²) in [5.41, 5.74) is 0.573. The fraction of sp³-hybridized carbons (Fsp3) is 0.214. The quantitative estimate of drug-likeness (QED) is 0.655. The predicted octanol–water partition coefficient (Wildman–Crippen LogP) is 4.06. The zero-order chi connectivity index (χ0) is 15.4. The van der Waals surface area contributed by atoms with Gasteiger partial charge in [0.2, 0.25) is 0 Å². The monoisotopic (exact) mass is 481 g/mol. The Labute approximate surface area is 149 Å². The zero-order valence-electron chi connectivity index (χ0n) is 11.4. The molecule has 1 aromatic heterocycles. The number of halogens is 2. The van der Waals surface area contributed by atoms with E-state index in [2.05, 4.69) is 43.8 Å². The van der Waals surface area contributed by atoms with Gasteiger partial charge in [-0.05, 0) is 56.7 Å². The van der Waals surface area contributed by atoms with Crippen LogP contribution in [0.15, 0.2) is 28.1 Å². The molecule has 0 bridgehead atoms. The summed E-state index contributed by atoms with van der Waals surface area (Å²) >= 11 is 7.11. The van der Waals surface area contributed by atoms with Crippen molar-refractivity contribution in [3.63, 3.8) is 0 Å². The maximum absolute atomic E-state index is 12.3. The summed E-state index contributed by atoms with van der Waals surface area (Å²) in [6, 6.07) is 5.47. The number of methoxy groups -OCH3 is 2. The van der Waals surface area contributed by atoms with Crippen molar-refractivity contribution in [3.05, 3.63) is 42.1 Å². The second-order valence-electron chi connectivity index (χ2n) is 4.10. The fourth-order valence-electron chi connectivity index (χ4n) is 1.74. The van der Waals surface area contributed by atoms with E-state index in [1.807, 2.05) is 11.4 Å². The van der Waals surface area contributed by atoms with E-state index in [0.717, 1.165) is 12.9 Å². The van der Waals surface area contributed by atoms with Gasteiger partial charge in [-0.3, -0.25) is 4.79 Å². The van der Waals surface area contributed by atoms with Crippen molar-refractivity contribution in [2.24, 2.45) is 0 Å². The Bertz CT molecular complexity index is 660. The summed E-state index contributed by atoms with van der Waals surface area (Å²) in [5.74, 6) is 1.02. The fourth-order valence-corrected chi connectivity index (χ4v) is 3.81. The molecule has 0 aliphatic rings. The molecule has 4 nitrogen and oxygen atoms in total. The molecule has 0 radical (unpaired) electrons. The maximum Gasteiger partial charge on any atom is 0.252 e. The highest BCUT2D eigenvalue weighted by molar-refractivity contribution is 14.1. The van der Waals surface area contributed by atoms with Crippen LogP contribution in [0.5, 0.6) is 11.5 Å². The van der Waals surface area contributed by atoms with Crippen molar-refractivity contribution >= 4 is 55.8 Å². The van der Waals surface area contributed by atoms with Gasteiger partial charge in [0.25, 0.3) is 5.91 Å². The third-order valence-electron chi connectivity index (χ3n) is 2.76. The molecule has 0 atom stereocenters. The van der Waals surface area contributed by atoms with Gasteiger partial charge in [-0.15, -0.1) is 11.3 Å². The van der Waals surface area contributed by atoms with E-state index < -0.39 is 0 Å². The molecule has 1 aromatic carbocycles. The lowest BCUT2D eigenvalue weighted by Crippen LogP contribution is -2.23. The van der Waals surface area contributed by atoms with E-state index in [1.54, 1.807) is 37.7 Å². The molecule has 0 unspecified atom stereocenters. The number of rotatable bonds is 5. The van der Waals surface area contributed by atoms with Crippen LogP contribution in [0.1, 0.15) is 15.2 Å². The SMILES string of the molecule is COc1cc(I)c(C(=O)NCc2cc(Br)cs2)cc1OC. The molecule has 7 heteroatoms. The lowest BCUT2D eigenvalue weighted by atomic mass is 10.2. The van der Waals surface area contributed by atoms with Crippen LogP contribution in [-0.4, -0.2) is 20.1 Å². The molecule has 0 fully saturated rings. The van der Waals surface area contributed by atoms with Gasteiger partial charge in [0.15, 0.2) is 11.5 Å². The minimum absolute atomic E-state index is 0.134. The van der Waals surface area contributed by atoms with Gasteiger partial charge in [0.05, 0.1) is 26.3 Å². The van der Waals surface area contributed by atoms with E-state index >= 15 is 0 Å². The van der Waals surface area contributed by atoms with E-state index in [-0.39, 0.29) is 5.91 Å². The molecule has 0 saturated carbocycles. The van der Waals surface area contributed by atoms with E-state index in [9.17, 15) is 4.79 Å². The highest BCUT2D eigenvalue weighted by Crippen LogP contribution is 2.31. The molecule has 112 valence electrons. The van der Waals surface area contributed by atoms with Gasteiger partial charge >= 0.3 is 0 Å². The number of hydrogen-bond acceptors (Lipinski definition) is 4. The van der Waals surface area contributed by atoms with Crippen molar-refractivity contribution in [2.45, 2.75) is 6.54 Å². The third kappa shape index (κ3) is 4.10. The Morgan fingerprint density at radius 2 is 1.95 bits per heavy atom. The second kappa shape index (κ2) is 7.46. The van der Waals surface area contributed by atoms with Crippen LogP contribution in [0.25, 0.3) is 0 Å². The van der Waals surface area contributed by atoms with Crippen LogP contribution in [0, 0.1) is 3.57 Å². The number of hydrogen-bond donors (Lipinski definition) is 1. The van der Waals surface area contributed by atoms with E-state index in [0.29, 0.717) is 23.6 Å². The van der Waals surface area contributed by atoms with Gasteiger partial charge in [-0.1, -0.05) is 0 Å². The summed E-state index contributed by atoms with van der Waals surface area (Å²) in [6.45, 7) is 0.500. The first kappa shape index (κ1) is 16.6. The number of amides is 1. The molecule has 0 aliphatic heterocycles. The van der Waals surface area contributed by atoms with Gasteiger partial charge in [0, 0.05) is 18.3 Å². The molecule has 1 heterocycles. The number of carbonyl (C=O) groups excluding carboxylic acids is 1. The normalized spacial score (nSPS) is 10.3. The van der Waals surface area contributed by atoms with Crippen LogP contribution >= 0.6 is 49.9 Å². The van der Waals surface area contributed by atoms with Crippen molar-refractivity contribution < 1.29 is 14.3 Å². The van der Waals surface area contributed by atoms with Crippen LogP contribution in [0.2, 0.25) is 0 Å². The average molecular weight is 482 g/mol. The van der Waals surface area contributed by atoms with Crippen LogP contribution in [-0.2, 0) is 6.54 Å². The first-order chi connectivity index (χ1) is 10.0.